The van der Waals surface area contributed by atoms with Crippen molar-refractivity contribution in [3.8, 4) is 11.5 Å². The van der Waals surface area contributed by atoms with Gasteiger partial charge in [0.05, 0.1) is 12.7 Å². The summed E-state index contributed by atoms with van der Waals surface area (Å²) < 4.78 is 11.1. The lowest BCUT2D eigenvalue weighted by Gasteiger charge is -2.14. The molecule has 28 heavy (non-hydrogen) atoms. The van der Waals surface area contributed by atoms with Gasteiger partial charge in [-0.2, -0.15) is 0 Å². The van der Waals surface area contributed by atoms with Crippen molar-refractivity contribution < 1.29 is 24.8 Å². The maximum Gasteiger partial charge on any atom is 0.119 e. The molecule has 0 spiro atoms. The Kier molecular flexibility index (Phi) is 8.51. The van der Waals surface area contributed by atoms with E-state index in [9.17, 15) is 10.2 Å². The minimum atomic E-state index is -0.882. The van der Waals surface area contributed by atoms with Crippen LogP contribution in [0.3, 0.4) is 0 Å². The largest absolute Gasteiger partial charge is 0.491 e. The van der Waals surface area contributed by atoms with E-state index in [1.165, 1.54) is 5.57 Å². The Balaban J connectivity index is 2.12. The maximum absolute atomic E-state index is 9.62. The number of hydrogen-bond acceptors (Lipinski definition) is 5. The van der Waals surface area contributed by atoms with Gasteiger partial charge in [-0.25, -0.2) is 0 Å². The Morgan fingerprint density at radius 2 is 1.21 bits per heavy atom. The molecular weight excluding hydrogens is 356 g/mol. The van der Waals surface area contributed by atoms with E-state index in [0.29, 0.717) is 12.2 Å². The van der Waals surface area contributed by atoms with E-state index in [1.807, 2.05) is 55.5 Å². The van der Waals surface area contributed by atoms with Crippen molar-refractivity contribution in [2.75, 3.05) is 19.8 Å². The molecule has 0 saturated heterocycles. The number of rotatable bonds is 10. The number of ether oxygens (including phenoxy) is 2. The number of aliphatic hydroxyl groups is 3. The Morgan fingerprint density at radius 3 is 1.57 bits per heavy atom. The zero-order chi connectivity index (χ0) is 20.5. The molecule has 0 amide bonds. The molecule has 0 fully saturated rings. The lowest BCUT2D eigenvalue weighted by molar-refractivity contribution is 0.0536. The van der Waals surface area contributed by atoms with Gasteiger partial charge in [0, 0.05) is 0 Å². The predicted octanol–water partition coefficient (Wildman–Crippen LogP) is 3.41. The number of allylic oxidation sites excluding steroid dienone is 1. The number of hydrogen-bond donors (Lipinski definition) is 3. The fourth-order valence-corrected chi connectivity index (χ4v) is 2.74. The van der Waals surface area contributed by atoms with Crippen molar-refractivity contribution >= 4 is 5.57 Å². The van der Waals surface area contributed by atoms with Crippen molar-refractivity contribution in [2.24, 2.45) is 0 Å². The summed E-state index contributed by atoms with van der Waals surface area (Å²) >= 11 is 0. The highest BCUT2D eigenvalue weighted by Gasteiger charge is 2.09. The Labute approximate surface area is 166 Å². The number of benzene rings is 2. The third-order valence-electron chi connectivity index (χ3n) is 4.35. The Hall–Kier alpha value is -2.34. The van der Waals surface area contributed by atoms with Crippen LogP contribution in [0.25, 0.3) is 5.57 Å². The maximum atomic E-state index is 9.62. The summed E-state index contributed by atoms with van der Waals surface area (Å²) in [5.41, 5.74) is 4.44. The second kappa shape index (κ2) is 10.9. The van der Waals surface area contributed by atoms with Gasteiger partial charge in [-0.05, 0) is 61.2 Å². The molecule has 0 heterocycles. The van der Waals surface area contributed by atoms with Gasteiger partial charge in [-0.3, -0.25) is 0 Å². The molecule has 0 aliphatic heterocycles. The Bertz CT molecular complexity index is 686. The zero-order valence-corrected chi connectivity index (χ0v) is 16.8. The summed E-state index contributed by atoms with van der Waals surface area (Å²) in [5.74, 6) is 1.37. The smallest absolute Gasteiger partial charge is 0.119 e. The summed E-state index contributed by atoms with van der Waals surface area (Å²) in [4.78, 5) is 0. The van der Waals surface area contributed by atoms with Crippen molar-refractivity contribution in [3.63, 3.8) is 0 Å². The van der Waals surface area contributed by atoms with Crippen LogP contribution in [0.1, 0.15) is 38.3 Å². The molecule has 2 unspecified atom stereocenters. The normalized spacial score (nSPS) is 12.9. The second-order valence-corrected chi connectivity index (χ2v) is 6.94. The topological polar surface area (TPSA) is 79.2 Å². The molecule has 2 atom stereocenters. The molecule has 152 valence electrons. The summed E-state index contributed by atoms with van der Waals surface area (Å²) in [7, 11) is 0. The van der Waals surface area contributed by atoms with Crippen LogP contribution in [0.4, 0.5) is 0 Å². The van der Waals surface area contributed by atoms with Crippen molar-refractivity contribution in [1.82, 2.24) is 0 Å². The third-order valence-corrected chi connectivity index (χ3v) is 4.35. The van der Waals surface area contributed by atoms with Gasteiger partial charge in [0.25, 0.3) is 0 Å². The molecule has 3 N–H and O–H groups in total. The van der Waals surface area contributed by atoms with Crippen LogP contribution in [0.2, 0.25) is 0 Å². The lowest BCUT2D eigenvalue weighted by atomic mass is 9.94. The quantitative estimate of drug-likeness (QED) is 0.583. The summed E-state index contributed by atoms with van der Waals surface area (Å²) in [6.07, 6.45) is -0.669. The van der Waals surface area contributed by atoms with Crippen LogP contribution < -0.4 is 9.47 Å². The van der Waals surface area contributed by atoms with Gasteiger partial charge in [0.2, 0.25) is 0 Å². The average Bonchev–Trinajstić information content (AvgIpc) is 2.71. The van der Waals surface area contributed by atoms with Crippen LogP contribution >= 0.6 is 0 Å². The van der Waals surface area contributed by atoms with Gasteiger partial charge in [0.15, 0.2) is 0 Å². The lowest BCUT2D eigenvalue weighted by Crippen LogP contribution is -2.21. The molecule has 0 bridgehead atoms. The molecule has 0 aliphatic carbocycles. The van der Waals surface area contributed by atoms with Crippen LogP contribution in [0.5, 0.6) is 11.5 Å². The van der Waals surface area contributed by atoms with Crippen molar-refractivity contribution in [3.05, 3.63) is 65.2 Å². The highest BCUT2D eigenvalue weighted by molar-refractivity contribution is 5.82. The first kappa shape index (κ1) is 22.0. The fraction of sp³-hybridized carbons (Fsp3) is 0.391. The second-order valence-electron chi connectivity index (χ2n) is 6.94. The van der Waals surface area contributed by atoms with Crippen LogP contribution in [0, 0.1) is 0 Å². The van der Waals surface area contributed by atoms with E-state index in [1.54, 1.807) is 0 Å². The van der Waals surface area contributed by atoms with Gasteiger partial charge in [0.1, 0.15) is 30.8 Å². The molecule has 2 aromatic carbocycles. The summed E-state index contributed by atoms with van der Waals surface area (Å²) in [6.45, 7) is 6.08. The van der Waals surface area contributed by atoms with E-state index in [0.717, 1.165) is 22.4 Å². The first-order valence-electron chi connectivity index (χ1n) is 9.55. The first-order chi connectivity index (χ1) is 13.4. The molecule has 5 nitrogen and oxygen atoms in total. The standard InChI is InChI=1S/C23H30O5/c1-4-19(25)14-27-21-9-5-17(6-10-21)23(16(2)3)18-7-11-22(12-8-18)28-15-20(26)13-24/h5-12,19-20,24-26H,4,13-15H2,1-3H3. The highest BCUT2D eigenvalue weighted by Crippen LogP contribution is 2.29. The molecule has 0 radical (unpaired) electrons. The van der Waals surface area contributed by atoms with Crippen molar-refractivity contribution in [2.45, 2.75) is 39.4 Å². The molecular formula is C23H30O5. The van der Waals surface area contributed by atoms with Crippen LogP contribution in [-0.4, -0.2) is 47.3 Å². The van der Waals surface area contributed by atoms with Gasteiger partial charge in [-0.15, -0.1) is 0 Å². The predicted molar refractivity (Wildman–Crippen MR) is 111 cm³/mol. The van der Waals surface area contributed by atoms with Crippen LogP contribution in [0.15, 0.2) is 54.1 Å². The van der Waals surface area contributed by atoms with E-state index in [-0.39, 0.29) is 19.8 Å². The molecule has 0 aliphatic rings. The fourth-order valence-electron chi connectivity index (χ4n) is 2.74. The van der Waals surface area contributed by atoms with Gasteiger partial charge < -0.3 is 24.8 Å². The minimum absolute atomic E-state index is 0.0551. The molecule has 0 aromatic heterocycles. The highest BCUT2D eigenvalue weighted by atomic mass is 16.5. The summed E-state index contributed by atoms with van der Waals surface area (Å²) in [6, 6.07) is 15.5. The monoisotopic (exact) mass is 386 g/mol. The van der Waals surface area contributed by atoms with E-state index in [2.05, 4.69) is 13.8 Å². The zero-order valence-electron chi connectivity index (χ0n) is 16.8. The van der Waals surface area contributed by atoms with Gasteiger partial charge >= 0.3 is 0 Å². The van der Waals surface area contributed by atoms with Gasteiger partial charge in [-0.1, -0.05) is 36.8 Å². The molecule has 2 aromatic rings. The van der Waals surface area contributed by atoms with E-state index >= 15 is 0 Å². The average molecular weight is 386 g/mol. The van der Waals surface area contributed by atoms with Crippen molar-refractivity contribution in [1.29, 1.82) is 0 Å². The van der Waals surface area contributed by atoms with E-state index < -0.39 is 12.2 Å². The van der Waals surface area contributed by atoms with E-state index in [4.69, 9.17) is 14.6 Å². The van der Waals surface area contributed by atoms with Crippen LogP contribution in [-0.2, 0) is 0 Å². The molecule has 2 rings (SSSR count). The third kappa shape index (κ3) is 6.37. The Morgan fingerprint density at radius 1 is 0.786 bits per heavy atom. The molecule has 5 heteroatoms. The molecule has 0 saturated carbocycles. The summed E-state index contributed by atoms with van der Waals surface area (Å²) in [5, 5.41) is 27.9. The number of aliphatic hydroxyl groups excluding tert-OH is 3. The minimum Gasteiger partial charge on any atom is -0.491 e. The first-order valence-corrected chi connectivity index (χ1v) is 9.55. The SMILES string of the molecule is CCC(O)COc1ccc(C(=C(C)C)c2ccc(OCC(O)CO)cc2)cc1.